The van der Waals surface area contributed by atoms with Crippen LogP contribution in [0.5, 0.6) is 0 Å². The molecule has 4 nitrogen and oxygen atoms in total. The highest BCUT2D eigenvalue weighted by atomic mass is 15.2. The molecule has 0 fully saturated rings. The van der Waals surface area contributed by atoms with Crippen molar-refractivity contribution in [2.24, 2.45) is 0 Å². The maximum absolute atomic E-state index is 5.44. The van der Waals surface area contributed by atoms with Crippen molar-refractivity contribution in [3.63, 3.8) is 0 Å². The van der Waals surface area contributed by atoms with Crippen LogP contribution in [0.3, 0.4) is 0 Å². The molecule has 0 saturated heterocycles. The van der Waals surface area contributed by atoms with Crippen LogP contribution < -0.4 is 4.90 Å². The standard InChI is InChI=1S/C49H28N4/c1-3-16-31(17-4-1)51(32-18-5-2-6-19-32)40-25-13-23-35-37-26-29-14-8-10-21-34(29)43-45-41(52(46(35)40)47(37)43)28-50-49-44(45)38-27-30-15-7-9-20-33(30)42-36-22-11-12-24-39(36)53(49)48(38)42/h1-28H. The van der Waals surface area contributed by atoms with Crippen LogP contribution in [0.15, 0.2) is 170 Å². The fourth-order valence-electron chi connectivity index (χ4n) is 9.72. The zero-order chi connectivity index (χ0) is 34.4. The van der Waals surface area contributed by atoms with Crippen molar-refractivity contribution in [3.8, 4) is 0 Å². The SMILES string of the molecule is c1ccc(N(c2ccccc2)c2cccc3c4cc5ccccc5c5c6c7c8cc9ccccc9c9c%10ccccc%10n(c7ncc6n(c23)c45)c89)cc1. The Labute approximate surface area is 302 Å². The normalized spacial score (nSPS) is 12.5. The van der Waals surface area contributed by atoms with E-state index >= 15 is 0 Å². The van der Waals surface area contributed by atoms with Gasteiger partial charge < -0.3 is 9.30 Å². The number of pyridine rings is 1. The van der Waals surface area contributed by atoms with E-state index in [0.29, 0.717) is 0 Å². The average Bonchev–Trinajstić information content (AvgIpc) is 3.94. The molecule has 0 radical (unpaired) electrons. The summed E-state index contributed by atoms with van der Waals surface area (Å²) in [5.74, 6) is 0. The number of anilines is 3. The second kappa shape index (κ2) is 9.78. The molecule has 0 aliphatic heterocycles. The predicted octanol–water partition coefficient (Wildman–Crippen LogP) is 13.2. The molecule has 5 aromatic heterocycles. The summed E-state index contributed by atoms with van der Waals surface area (Å²) in [6.45, 7) is 0. The third-order valence-corrected chi connectivity index (χ3v) is 11.7. The second-order valence-corrected chi connectivity index (χ2v) is 14.3. The predicted molar refractivity (Wildman–Crippen MR) is 223 cm³/mol. The lowest BCUT2D eigenvalue weighted by Crippen LogP contribution is -2.10. The van der Waals surface area contributed by atoms with Crippen molar-refractivity contribution < 1.29 is 0 Å². The quantitative estimate of drug-likeness (QED) is 0.187. The second-order valence-electron chi connectivity index (χ2n) is 14.3. The van der Waals surface area contributed by atoms with Crippen LogP contribution in [0.2, 0.25) is 0 Å². The summed E-state index contributed by atoms with van der Waals surface area (Å²) < 4.78 is 4.95. The van der Waals surface area contributed by atoms with Crippen molar-refractivity contribution >= 4 is 115 Å². The Hall–Kier alpha value is -7.17. The molecular weight excluding hydrogens is 645 g/mol. The van der Waals surface area contributed by atoms with E-state index in [1.54, 1.807) is 0 Å². The molecule has 0 aliphatic carbocycles. The van der Waals surface area contributed by atoms with Gasteiger partial charge in [-0.25, -0.2) is 4.98 Å². The molecule has 0 amide bonds. The van der Waals surface area contributed by atoms with Gasteiger partial charge in [0.2, 0.25) is 0 Å². The van der Waals surface area contributed by atoms with Crippen LogP contribution in [0, 0.1) is 0 Å². The maximum atomic E-state index is 5.44. The van der Waals surface area contributed by atoms with Gasteiger partial charge in [0.25, 0.3) is 0 Å². The first-order chi connectivity index (χ1) is 26.3. The molecule has 0 spiro atoms. The van der Waals surface area contributed by atoms with E-state index in [-0.39, 0.29) is 0 Å². The van der Waals surface area contributed by atoms with Gasteiger partial charge in [-0.1, -0.05) is 115 Å². The Balaban J connectivity index is 1.30. The Kier molecular flexibility index (Phi) is 5.08. The Morgan fingerprint density at radius 2 is 0.962 bits per heavy atom. The minimum Gasteiger partial charge on any atom is -0.308 e. The van der Waals surface area contributed by atoms with Gasteiger partial charge in [0.15, 0.2) is 0 Å². The molecule has 0 atom stereocenters. The van der Waals surface area contributed by atoms with E-state index in [4.69, 9.17) is 4.98 Å². The Morgan fingerprint density at radius 1 is 0.377 bits per heavy atom. The monoisotopic (exact) mass is 672 g/mol. The molecule has 4 heteroatoms. The molecule has 0 saturated carbocycles. The number of aromatic nitrogens is 3. The van der Waals surface area contributed by atoms with Crippen molar-refractivity contribution in [1.29, 1.82) is 0 Å². The van der Waals surface area contributed by atoms with Crippen LogP contribution in [0.1, 0.15) is 0 Å². The van der Waals surface area contributed by atoms with Gasteiger partial charge in [0.05, 0.1) is 39.5 Å². The number of nitrogens with zero attached hydrogens (tertiary/aromatic N) is 4. The lowest BCUT2D eigenvalue weighted by atomic mass is 9.97. The van der Waals surface area contributed by atoms with Gasteiger partial charge in [0, 0.05) is 54.5 Å². The van der Waals surface area contributed by atoms with E-state index in [2.05, 4.69) is 184 Å². The third kappa shape index (κ3) is 3.34. The molecule has 0 unspecified atom stereocenters. The zero-order valence-corrected chi connectivity index (χ0v) is 28.5. The van der Waals surface area contributed by atoms with Crippen LogP contribution in [-0.4, -0.2) is 13.8 Å². The van der Waals surface area contributed by atoms with Crippen LogP contribution in [-0.2, 0) is 0 Å². The molecule has 13 rings (SSSR count). The van der Waals surface area contributed by atoms with E-state index in [0.717, 1.165) is 28.2 Å². The summed E-state index contributed by atoms with van der Waals surface area (Å²) in [5, 5.41) is 15.1. The summed E-state index contributed by atoms with van der Waals surface area (Å²) in [6, 6.07) is 59.6. The minimum atomic E-state index is 1.01. The smallest absolute Gasteiger partial charge is 0.146 e. The number of hydrogen-bond donors (Lipinski definition) is 0. The lowest BCUT2D eigenvalue weighted by Gasteiger charge is -2.26. The largest absolute Gasteiger partial charge is 0.308 e. The van der Waals surface area contributed by atoms with Crippen molar-refractivity contribution in [2.75, 3.05) is 4.90 Å². The molecule has 0 N–H and O–H groups in total. The highest BCUT2D eigenvalue weighted by molar-refractivity contribution is 6.41. The number of benzene rings is 8. The molecule has 0 bridgehead atoms. The molecule has 53 heavy (non-hydrogen) atoms. The van der Waals surface area contributed by atoms with Crippen molar-refractivity contribution in [1.82, 2.24) is 13.8 Å². The summed E-state index contributed by atoms with van der Waals surface area (Å²) in [7, 11) is 0. The van der Waals surface area contributed by atoms with E-state index < -0.39 is 0 Å². The van der Waals surface area contributed by atoms with Gasteiger partial charge in [-0.15, -0.1) is 0 Å². The van der Waals surface area contributed by atoms with Gasteiger partial charge in [0.1, 0.15) is 5.65 Å². The Bertz CT molecular complexity index is 3580. The first kappa shape index (κ1) is 27.5. The number of fused-ring (bicyclic) bond motifs is 17. The molecule has 0 aliphatic rings. The molecule has 5 heterocycles. The average molecular weight is 673 g/mol. The maximum Gasteiger partial charge on any atom is 0.146 e. The van der Waals surface area contributed by atoms with Gasteiger partial charge in [-0.2, -0.15) is 0 Å². The van der Waals surface area contributed by atoms with E-state index in [1.807, 2.05) is 0 Å². The minimum absolute atomic E-state index is 1.01. The first-order valence-electron chi connectivity index (χ1n) is 18.2. The van der Waals surface area contributed by atoms with Crippen molar-refractivity contribution in [2.45, 2.75) is 0 Å². The lowest BCUT2D eigenvalue weighted by molar-refractivity contribution is 1.25. The van der Waals surface area contributed by atoms with Gasteiger partial charge in [-0.05, 0) is 70.1 Å². The highest BCUT2D eigenvalue weighted by Crippen LogP contribution is 2.51. The molecule has 13 aromatic rings. The zero-order valence-electron chi connectivity index (χ0n) is 28.5. The van der Waals surface area contributed by atoms with E-state index in [9.17, 15) is 0 Å². The molecule has 8 aromatic carbocycles. The highest BCUT2D eigenvalue weighted by Gasteiger charge is 2.28. The van der Waals surface area contributed by atoms with Crippen LogP contribution >= 0.6 is 0 Å². The number of hydrogen-bond acceptors (Lipinski definition) is 2. The van der Waals surface area contributed by atoms with Crippen molar-refractivity contribution in [3.05, 3.63) is 170 Å². The molecular formula is C49H28N4. The summed E-state index contributed by atoms with van der Waals surface area (Å²) in [4.78, 5) is 7.84. The molecule has 244 valence electrons. The van der Waals surface area contributed by atoms with Crippen LogP contribution in [0.25, 0.3) is 97.9 Å². The van der Waals surface area contributed by atoms with Gasteiger partial charge in [-0.3, -0.25) is 4.40 Å². The van der Waals surface area contributed by atoms with Crippen LogP contribution in [0.4, 0.5) is 17.1 Å². The fourth-order valence-corrected chi connectivity index (χ4v) is 9.72. The number of rotatable bonds is 3. The topological polar surface area (TPSA) is 24.9 Å². The fraction of sp³-hybridized carbons (Fsp3) is 0. The number of para-hydroxylation sites is 4. The third-order valence-electron chi connectivity index (χ3n) is 11.7. The summed E-state index contributed by atoms with van der Waals surface area (Å²) in [6.07, 6.45) is 2.14. The summed E-state index contributed by atoms with van der Waals surface area (Å²) in [5.41, 5.74) is 10.4. The van der Waals surface area contributed by atoms with Gasteiger partial charge >= 0.3 is 0 Å². The first-order valence-corrected chi connectivity index (χ1v) is 18.2. The summed E-state index contributed by atoms with van der Waals surface area (Å²) >= 11 is 0. The Morgan fingerprint density at radius 3 is 1.70 bits per heavy atom. The van der Waals surface area contributed by atoms with E-state index in [1.165, 1.54) is 86.7 Å².